The molecular formula is C7H8Cl2N4O4S3. The minimum absolute atomic E-state index is 0.323. The number of halogens is 2. The first kappa shape index (κ1) is 17.4. The molecule has 0 amide bonds. The molecule has 7 N–H and O–H groups in total. The van der Waals surface area contributed by atoms with Crippen LogP contribution in [0.5, 0.6) is 0 Å². The maximum absolute atomic E-state index is 11.5. The second-order valence-corrected chi connectivity index (χ2v) is 7.71. The van der Waals surface area contributed by atoms with Gasteiger partial charge < -0.3 is 11.1 Å². The first-order valence-corrected chi connectivity index (χ1v) is 8.75. The van der Waals surface area contributed by atoms with Crippen molar-refractivity contribution in [3.05, 3.63) is 16.1 Å². The molecule has 0 radical (unpaired) electrons. The minimum atomic E-state index is -4.34. The average Bonchev–Trinajstić information content (AvgIpc) is 2.20. The van der Waals surface area contributed by atoms with Gasteiger partial charge in [-0.15, -0.1) is 0 Å². The van der Waals surface area contributed by atoms with Crippen LogP contribution in [0.3, 0.4) is 0 Å². The van der Waals surface area contributed by atoms with Gasteiger partial charge in [-0.3, -0.25) is 0 Å². The Hall–Kier alpha value is -0.690. The molecule has 112 valence electrons. The summed E-state index contributed by atoms with van der Waals surface area (Å²) in [6.45, 7) is 0. The lowest BCUT2D eigenvalue weighted by Gasteiger charge is -2.14. The van der Waals surface area contributed by atoms with Gasteiger partial charge in [0.1, 0.15) is 9.79 Å². The van der Waals surface area contributed by atoms with Crippen LogP contribution < -0.4 is 21.3 Å². The van der Waals surface area contributed by atoms with Crippen molar-refractivity contribution in [2.45, 2.75) is 9.79 Å². The highest BCUT2D eigenvalue weighted by Gasteiger charge is 2.26. The highest BCUT2D eigenvalue weighted by molar-refractivity contribution is 7.90. The molecule has 8 nitrogen and oxygen atoms in total. The second-order valence-electron chi connectivity index (χ2n) is 3.46. The molecule has 0 unspecified atom stereocenters. The Morgan fingerprint density at radius 2 is 1.50 bits per heavy atom. The number of nitrogens with one attached hydrogen (secondary N) is 1. The Balaban J connectivity index is 3.88. The van der Waals surface area contributed by atoms with Crippen molar-refractivity contribution in [3.8, 4) is 0 Å². The molecule has 0 saturated carbocycles. The zero-order chi connectivity index (χ0) is 15.9. The summed E-state index contributed by atoms with van der Waals surface area (Å²) in [6.07, 6.45) is 0. The molecule has 0 aliphatic rings. The van der Waals surface area contributed by atoms with Crippen LogP contribution in [0, 0.1) is 0 Å². The van der Waals surface area contributed by atoms with Crippen molar-refractivity contribution in [2.75, 3.05) is 5.32 Å². The fourth-order valence-electron chi connectivity index (χ4n) is 1.25. The molecule has 0 fully saturated rings. The topological polar surface area (TPSA) is 158 Å². The SMILES string of the molecule is NC(=S)Nc1c(S(N)(=O)=O)cc(S(N)(=O)=O)c(Cl)c1Cl. The molecule has 0 bridgehead atoms. The Kier molecular flexibility index (Phi) is 4.86. The van der Waals surface area contributed by atoms with Gasteiger partial charge in [-0.2, -0.15) is 0 Å². The number of rotatable bonds is 3. The molecule has 1 aromatic carbocycles. The van der Waals surface area contributed by atoms with Crippen LogP contribution in [0.4, 0.5) is 5.69 Å². The van der Waals surface area contributed by atoms with Gasteiger partial charge in [-0.25, -0.2) is 27.1 Å². The summed E-state index contributed by atoms with van der Waals surface area (Å²) in [7, 11) is -8.65. The van der Waals surface area contributed by atoms with Crippen molar-refractivity contribution in [1.82, 2.24) is 0 Å². The Bertz CT molecular complexity index is 791. The van der Waals surface area contributed by atoms with Crippen molar-refractivity contribution in [2.24, 2.45) is 16.0 Å². The summed E-state index contributed by atoms with van der Waals surface area (Å²) in [5.74, 6) is 0. The van der Waals surface area contributed by atoms with Crippen LogP contribution in [-0.4, -0.2) is 21.9 Å². The van der Waals surface area contributed by atoms with E-state index in [-0.39, 0.29) is 10.8 Å². The molecule has 1 rings (SSSR count). The number of anilines is 1. The molecule has 0 saturated heterocycles. The largest absolute Gasteiger partial charge is 0.376 e. The number of hydrogen-bond acceptors (Lipinski definition) is 5. The second kappa shape index (κ2) is 5.60. The number of primary sulfonamides is 2. The molecule has 1 aromatic rings. The van der Waals surface area contributed by atoms with E-state index >= 15 is 0 Å². The van der Waals surface area contributed by atoms with Crippen LogP contribution >= 0.6 is 35.4 Å². The van der Waals surface area contributed by atoms with Gasteiger partial charge in [0, 0.05) is 0 Å². The highest BCUT2D eigenvalue weighted by Crippen LogP contribution is 2.39. The lowest BCUT2D eigenvalue weighted by atomic mass is 10.3. The van der Waals surface area contributed by atoms with E-state index in [9.17, 15) is 16.8 Å². The van der Waals surface area contributed by atoms with E-state index in [1.54, 1.807) is 0 Å². The number of sulfonamides is 2. The minimum Gasteiger partial charge on any atom is -0.376 e. The molecule has 0 aliphatic carbocycles. The summed E-state index contributed by atoms with van der Waals surface area (Å²) < 4.78 is 45.7. The quantitative estimate of drug-likeness (QED) is 0.536. The normalized spacial score (nSPS) is 12.2. The number of hydrogen-bond donors (Lipinski definition) is 4. The summed E-state index contributed by atoms with van der Waals surface area (Å²) in [4.78, 5) is -1.36. The average molecular weight is 379 g/mol. The lowest BCUT2D eigenvalue weighted by Crippen LogP contribution is -2.24. The number of thiocarbonyl (C=S) groups is 1. The van der Waals surface area contributed by atoms with E-state index in [0.717, 1.165) is 0 Å². The number of benzene rings is 1. The first-order chi connectivity index (χ1) is 8.85. The van der Waals surface area contributed by atoms with Crippen molar-refractivity contribution in [3.63, 3.8) is 0 Å². The smallest absolute Gasteiger partial charge is 0.240 e. The van der Waals surface area contributed by atoms with Crippen LogP contribution in [-0.2, 0) is 20.0 Å². The molecule has 0 spiro atoms. The maximum atomic E-state index is 11.5. The van der Waals surface area contributed by atoms with Gasteiger partial charge in [-0.05, 0) is 18.3 Å². The van der Waals surface area contributed by atoms with Crippen molar-refractivity contribution < 1.29 is 16.8 Å². The third-order valence-corrected chi connectivity index (χ3v) is 4.95. The zero-order valence-corrected chi connectivity index (χ0v) is 13.4. The monoisotopic (exact) mass is 378 g/mol. The molecular weight excluding hydrogens is 371 g/mol. The molecule has 0 aliphatic heterocycles. The van der Waals surface area contributed by atoms with E-state index in [2.05, 4.69) is 17.5 Å². The van der Waals surface area contributed by atoms with E-state index in [4.69, 9.17) is 39.2 Å². The van der Waals surface area contributed by atoms with E-state index in [1.807, 2.05) is 0 Å². The van der Waals surface area contributed by atoms with Crippen LogP contribution in [0.15, 0.2) is 15.9 Å². The molecule has 0 heterocycles. The molecule has 0 atom stereocenters. The van der Waals surface area contributed by atoms with E-state index in [0.29, 0.717) is 6.07 Å². The predicted octanol–water partition coefficient (Wildman–Crippen LogP) is -0.0563. The standard InChI is InChI=1S/C7H8Cl2N4O4S3/c8-4-2(19(11,14)15)1-3(20(12,16)17)6(5(4)9)13-7(10)18/h1H,(H3,10,13,18)(H2,11,14,15)(H2,12,16,17). The first-order valence-electron chi connectivity index (χ1n) is 4.49. The summed E-state index contributed by atoms with van der Waals surface area (Å²) >= 11 is 16.1. The third-order valence-electron chi connectivity index (χ3n) is 2.00. The van der Waals surface area contributed by atoms with Gasteiger partial charge in [-0.1, -0.05) is 23.2 Å². The Labute approximate surface area is 130 Å². The molecule has 0 aromatic heterocycles. The van der Waals surface area contributed by atoms with Gasteiger partial charge in [0.05, 0.1) is 15.7 Å². The van der Waals surface area contributed by atoms with Gasteiger partial charge in [0.15, 0.2) is 5.11 Å². The maximum Gasteiger partial charge on any atom is 0.240 e. The molecule has 20 heavy (non-hydrogen) atoms. The summed E-state index contributed by atoms with van der Waals surface area (Å²) in [6, 6.07) is 0.666. The van der Waals surface area contributed by atoms with Crippen molar-refractivity contribution >= 4 is 66.3 Å². The Morgan fingerprint density at radius 3 is 1.85 bits per heavy atom. The predicted molar refractivity (Wildman–Crippen MR) is 79.6 cm³/mol. The van der Waals surface area contributed by atoms with Crippen LogP contribution in [0.25, 0.3) is 0 Å². The molecule has 13 heteroatoms. The fraction of sp³-hybridized carbons (Fsp3) is 0. The van der Waals surface area contributed by atoms with Gasteiger partial charge in [0.2, 0.25) is 20.0 Å². The zero-order valence-electron chi connectivity index (χ0n) is 9.42. The van der Waals surface area contributed by atoms with E-state index < -0.39 is 39.9 Å². The third kappa shape index (κ3) is 3.69. The summed E-state index contributed by atoms with van der Waals surface area (Å²) in [5.41, 5.74) is 4.89. The summed E-state index contributed by atoms with van der Waals surface area (Å²) in [5, 5.41) is 10.9. The van der Waals surface area contributed by atoms with Crippen LogP contribution in [0.1, 0.15) is 0 Å². The highest BCUT2D eigenvalue weighted by atomic mass is 35.5. The Morgan fingerprint density at radius 1 is 1.05 bits per heavy atom. The van der Waals surface area contributed by atoms with E-state index in [1.165, 1.54) is 0 Å². The fourth-order valence-corrected chi connectivity index (χ4v) is 3.62. The van der Waals surface area contributed by atoms with Crippen molar-refractivity contribution in [1.29, 1.82) is 0 Å². The van der Waals surface area contributed by atoms with Gasteiger partial charge >= 0.3 is 0 Å². The van der Waals surface area contributed by atoms with Gasteiger partial charge in [0.25, 0.3) is 0 Å². The number of nitrogens with two attached hydrogens (primary N) is 3. The van der Waals surface area contributed by atoms with Crippen LogP contribution in [0.2, 0.25) is 10.0 Å². The lowest BCUT2D eigenvalue weighted by molar-refractivity contribution is 0.596.